The van der Waals surface area contributed by atoms with E-state index < -0.39 is 5.82 Å². The van der Waals surface area contributed by atoms with Crippen LogP contribution in [-0.2, 0) is 0 Å². The molecule has 1 N–H and O–H groups in total. The van der Waals surface area contributed by atoms with Gasteiger partial charge >= 0.3 is 0 Å². The number of pyridine rings is 2. The van der Waals surface area contributed by atoms with Crippen LogP contribution in [0.25, 0.3) is 10.8 Å². The van der Waals surface area contributed by atoms with Gasteiger partial charge in [0.1, 0.15) is 0 Å². The number of benzene rings is 1. The summed E-state index contributed by atoms with van der Waals surface area (Å²) < 4.78 is 14.4. The molecule has 2 heterocycles. The van der Waals surface area contributed by atoms with Crippen molar-refractivity contribution in [3.8, 4) is 0 Å². The zero-order valence-corrected chi connectivity index (χ0v) is 11.4. The fourth-order valence-corrected chi connectivity index (χ4v) is 2.17. The van der Waals surface area contributed by atoms with E-state index in [2.05, 4.69) is 31.2 Å². The van der Waals surface area contributed by atoms with Crippen LogP contribution in [0, 0.1) is 5.82 Å². The van der Waals surface area contributed by atoms with Gasteiger partial charge in [-0.05, 0) is 34.1 Å². The largest absolute Gasteiger partial charge is 0.337 e. The molecule has 0 aliphatic rings. The maximum atomic E-state index is 13.8. The quantitative estimate of drug-likeness (QED) is 0.766. The lowest BCUT2D eigenvalue weighted by Crippen LogP contribution is -1.97. The lowest BCUT2D eigenvalue weighted by molar-refractivity contribution is 0.625. The Morgan fingerprint density at radius 1 is 1.16 bits per heavy atom. The second-order valence-corrected chi connectivity index (χ2v) is 4.93. The van der Waals surface area contributed by atoms with Crippen molar-refractivity contribution in [1.82, 2.24) is 9.97 Å². The number of aromatic nitrogens is 2. The Bertz CT molecular complexity index is 740. The molecule has 0 aliphatic carbocycles. The van der Waals surface area contributed by atoms with E-state index in [4.69, 9.17) is 0 Å². The Kier molecular flexibility index (Phi) is 3.13. The van der Waals surface area contributed by atoms with Crippen LogP contribution in [0.15, 0.2) is 53.4 Å². The number of anilines is 2. The van der Waals surface area contributed by atoms with Crippen molar-refractivity contribution in [3.63, 3.8) is 0 Å². The van der Waals surface area contributed by atoms with Crippen LogP contribution in [0.4, 0.5) is 15.9 Å². The van der Waals surface area contributed by atoms with Crippen LogP contribution >= 0.6 is 15.9 Å². The van der Waals surface area contributed by atoms with Crippen molar-refractivity contribution in [2.24, 2.45) is 0 Å². The Hall–Kier alpha value is -2.01. The molecule has 3 aromatic rings. The van der Waals surface area contributed by atoms with Gasteiger partial charge in [-0.3, -0.25) is 4.98 Å². The molecule has 2 aromatic heterocycles. The van der Waals surface area contributed by atoms with Crippen LogP contribution in [-0.4, -0.2) is 9.97 Å². The highest BCUT2D eigenvalue weighted by atomic mass is 79.9. The maximum Gasteiger partial charge on any atom is 0.166 e. The molecule has 0 aliphatic heterocycles. The standard InChI is InChI=1S/C14H9BrFN3/c15-10-6-12(16)14(18-8-10)19-13-3-1-2-9-7-17-5-4-11(9)13/h1-8H,(H,18,19). The summed E-state index contributed by atoms with van der Waals surface area (Å²) in [6.07, 6.45) is 5.03. The SMILES string of the molecule is Fc1cc(Br)cnc1Nc1cccc2cnccc12. The Labute approximate surface area is 117 Å². The molecule has 0 bridgehead atoms. The normalized spacial score (nSPS) is 10.6. The van der Waals surface area contributed by atoms with Gasteiger partial charge in [-0.2, -0.15) is 0 Å². The van der Waals surface area contributed by atoms with E-state index >= 15 is 0 Å². The molecule has 19 heavy (non-hydrogen) atoms. The second-order valence-electron chi connectivity index (χ2n) is 4.01. The van der Waals surface area contributed by atoms with Gasteiger partial charge in [0.2, 0.25) is 0 Å². The van der Waals surface area contributed by atoms with Gasteiger partial charge in [-0.25, -0.2) is 9.37 Å². The molecule has 3 nitrogen and oxygen atoms in total. The minimum Gasteiger partial charge on any atom is -0.337 e. The molecule has 0 spiro atoms. The summed E-state index contributed by atoms with van der Waals surface area (Å²) in [6.45, 7) is 0. The molecule has 0 radical (unpaired) electrons. The molecule has 94 valence electrons. The van der Waals surface area contributed by atoms with E-state index in [-0.39, 0.29) is 5.82 Å². The summed E-state index contributed by atoms with van der Waals surface area (Å²) in [7, 11) is 0. The first-order valence-corrected chi connectivity index (χ1v) is 6.44. The first-order valence-electron chi connectivity index (χ1n) is 5.65. The third-order valence-corrected chi connectivity index (χ3v) is 3.18. The van der Waals surface area contributed by atoms with E-state index in [1.807, 2.05) is 24.3 Å². The van der Waals surface area contributed by atoms with Gasteiger partial charge < -0.3 is 5.32 Å². The molecular formula is C14H9BrFN3. The topological polar surface area (TPSA) is 37.8 Å². The monoisotopic (exact) mass is 317 g/mol. The number of halogens is 2. The van der Waals surface area contributed by atoms with Crippen molar-refractivity contribution in [1.29, 1.82) is 0 Å². The molecule has 0 amide bonds. The van der Waals surface area contributed by atoms with Gasteiger partial charge in [-0.15, -0.1) is 0 Å². The van der Waals surface area contributed by atoms with Gasteiger partial charge in [0.15, 0.2) is 11.6 Å². The minimum absolute atomic E-state index is 0.201. The molecule has 5 heteroatoms. The molecule has 0 atom stereocenters. The lowest BCUT2D eigenvalue weighted by Gasteiger charge is -2.09. The Balaban J connectivity index is 2.06. The fourth-order valence-electron chi connectivity index (χ4n) is 1.87. The summed E-state index contributed by atoms with van der Waals surface area (Å²) in [4.78, 5) is 8.10. The predicted molar refractivity (Wildman–Crippen MR) is 76.9 cm³/mol. The smallest absolute Gasteiger partial charge is 0.166 e. The van der Waals surface area contributed by atoms with Crippen LogP contribution < -0.4 is 5.32 Å². The second kappa shape index (κ2) is 4.93. The summed E-state index contributed by atoms with van der Waals surface area (Å²) >= 11 is 3.18. The number of fused-ring (bicyclic) bond motifs is 1. The number of rotatable bonds is 2. The average molecular weight is 318 g/mol. The van der Waals surface area contributed by atoms with E-state index in [1.165, 1.54) is 6.07 Å². The maximum absolute atomic E-state index is 13.8. The van der Waals surface area contributed by atoms with E-state index in [0.717, 1.165) is 16.5 Å². The van der Waals surface area contributed by atoms with Crippen LogP contribution in [0.5, 0.6) is 0 Å². The minimum atomic E-state index is -0.402. The Morgan fingerprint density at radius 3 is 2.89 bits per heavy atom. The van der Waals surface area contributed by atoms with E-state index in [9.17, 15) is 4.39 Å². The summed E-state index contributed by atoms with van der Waals surface area (Å²) in [6, 6.07) is 8.99. The van der Waals surface area contributed by atoms with Gasteiger partial charge in [0, 0.05) is 39.5 Å². The highest BCUT2D eigenvalue weighted by Crippen LogP contribution is 2.26. The lowest BCUT2D eigenvalue weighted by atomic mass is 10.1. The molecule has 0 unspecified atom stereocenters. The van der Waals surface area contributed by atoms with Gasteiger partial charge in [-0.1, -0.05) is 12.1 Å². The van der Waals surface area contributed by atoms with Gasteiger partial charge in [0.05, 0.1) is 0 Å². The predicted octanol–water partition coefficient (Wildman–Crippen LogP) is 4.28. The zero-order valence-electron chi connectivity index (χ0n) is 9.77. The summed E-state index contributed by atoms with van der Waals surface area (Å²) in [5.41, 5.74) is 0.800. The number of nitrogens with zero attached hydrogens (tertiary/aromatic N) is 2. The number of nitrogens with one attached hydrogen (secondary N) is 1. The van der Waals surface area contributed by atoms with Crippen molar-refractivity contribution < 1.29 is 4.39 Å². The van der Waals surface area contributed by atoms with E-state index in [1.54, 1.807) is 18.6 Å². The van der Waals surface area contributed by atoms with Crippen molar-refractivity contribution in [2.75, 3.05) is 5.32 Å². The highest BCUT2D eigenvalue weighted by Gasteiger charge is 2.07. The first-order chi connectivity index (χ1) is 9.24. The summed E-state index contributed by atoms with van der Waals surface area (Å²) in [5.74, 6) is -0.201. The van der Waals surface area contributed by atoms with Crippen LogP contribution in [0.3, 0.4) is 0 Å². The van der Waals surface area contributed by atoms with Crippen molar-refractivity contribution in [3.05, 3.63) is 59.2 Å². The van der Waals surface area contributed by atoms with Crippen molar-refractivity contribution >= 4 is 38.2 Å². The fraction of sp³-hybridized carbons (Fsp3) is 0. The highest BCUT2D eigenvalue weighted by molar-refractivity contribution is 9.10. The van der Waals surface area contributed by atoms with Gasteiger partial charge in [0.25, 0.3) is 0 Å². The number of hydrogen-bond donors (Lipinski definition) is 1. The van der Waals surface area contributed by atoms with E-state index in [0.29, 0.717) is 4.47 Å². The molecule has 0 fully saturated rings. The molecule has 1 aromatic carbocycles. The average Bonchev–Trinajstić information content (AvgIpc) is 2.42. The van der Waals surface area contributed by atoms with Crippen LogP contribution in [0.1, 0.15) is 0 Å². The molecular weight excluding hydrogens is 309 g/mol. The van der Waals surface area contributed by atoms with Crippen molar-refractivity contribution in [2.45, 2.75) is 0 Å². The first kappa shape index (κ1) is 12.0. The number of hydrogen-bond acceptors (Lipinski definition) is 3. The third-order valence-electron chi connectivity index (χ3n) is 2.74. The van der Waals surface area contributed by atoms with Crippen LogP contribution in [0.2, 0.25) is 0 Å². The third kappa shape index (κ3) is 2.42. The Morgan fingerprint density at radius 2 is 2.05 bits per heavy atom. The molecule has 0 saturated carbocycles. The zero-order chi connectivity index (χ0) is 13.2. The summed E-state index contributed by atoms with van der Waals surface area (Å²) in [5, 5.41) is 4.97. The molecule has 3 rings (SSSR count). The molecule has 0 saturated heterocycles.